The van der Waals surface area contributed by atoms with Crippen LogP contribution in [-0.4, -0.2) is 41.1 Å². The van der Waals surface area contributed by atoms with Gasteiger partial charge in [-0.2, -0.15) is 0 Å². The van der Waals surface area contributed by atoms with Crippen molar-refractivity contribution in [3.05, 3.63) is 12.7 Å². The summed E-state index contributed by atoms with van der Waals surface area (Å²) >= 11 is 0. The maximum absolute atomic E-state index is 5.31. The lowest BCUT2D eigenvalue weighted by atomic mass is 10.2. The number of nitrogens with one attached hydrogen (secondary N) is 1. The lowest BCUT2D eigenvalue weighted by molar-refractivity contribution is 0.0864. The molecule has 0 saturated carbocycles. The van der Waals surface area contributed by atoms with Crippen LogP contribution in [0.25, 0.3) is 0 Å². The molecule has 0 aliphatic carbocycles. The van der Waals surface area contributed by atoms with Gasteiger partial charge in [0.2, 0.25) is 0 Å². The third-order valence-corrected chi connectivity index (χ3v) is 2.25. The van der Waals surface area contributed by atoms with Crippen molar-refractivity contribution >= 4 is 0 Å². The van der Waals surface area contributed by atoms with Gasteiger partial charge in [0.15, 0.2) is 0 Å². The fourth-order valence-corrected chi connectivity index (χ4v) is 1.56. The molecule has 1 N–H and O–H groups in total. The number of aromatic nitrogens is 3. The third kappa shape index (κ3) is 1.21. The van der Waals surface area contributed by atoms with Crippen LogP contribution in [0.3, 0.4) is 0 Å². The van der Waals surface area contributed by atoms with E-state index in [4.69, 9.17) is 4.74 Å². The number of nitrogens with zero attached hydrogens (tertiary/aromatic N) is 3. The second-order valence-corrected chi connectivity index (χ2v) is 2.91. The molecule has 0 aromatic carbocycles. The van der Waals surface area contributed by atoms with E-state index in [1.165, 1.54) is 0 Å². The average Bonchev–Trinajstić information content (AvgIpc) is 2.74. The molecule has 1 aliphatic heterocycles. The Balaban J connectivity index is 2.13. The second-order valence-electron chi connectivity index (χ2n) is 2.91. The Morgan fingerprint density at radius 1 is 1.42 bits per heavy atom. The first-order chi connectivity index (χ1) is 5.92. The van der Waals surface area contributed by atoms with E-state index in [2.05, 4.69) is 15.5 Å². The highest BCUT2D eigenvalue weighted by atomic mass is 16.5. The maximum Gasteiger partial charge on any atom is 0.119 e. The van der Waals surface area contributed by atoms with Crippen molar-refractivity contribution in [1.82, 2.24) is 20.1 Å². The summed E-state index contributed by atoms with van der Waals surface area (Å²) in [4.78, 5) is 0. The van der Waals surface area contributed by atoms with Crippen molar-refractivity contribution in [2.45, 2.75) is 12.1 Å². The van der Waals surface area contributed by atoms with Crippen LogP contribution in [0.5, 0.6) is 0 Å². The Hall–Kier alpha value is -0.940. The number of rotatable bonds is 2. The summed E-state index contributed by atoms with van der Waals surface area (Å²) in [6, 6.07) is 0.338. The van der Waals surface area contributed by atoms with Crippen LogP contribution in [0.1, 0.15) is 6.04 Å². The molecule has 0 radical (unpaired) electrons. The molecular formula is C7H12N4O. The highest BCUT2D eigenvalue weighted by Gasteiger charge is 2.27. The van der Waals surface area contributed by atoms with E-state index in [9.17, 15) is 0 Å². The van der Waals surface area contributed by atoms with Crippen molar-refractivity contribution in [2.75, 3.05) is 20.2 Å². The normalized spacial score (nSPS) is 29.4. The zero-order chi connectivity index (χ0) is 8.39. The van der Waals surface area contributed by atoms with E-state index >= 15 is 0 Å². The Morgan fingerprint density at radius 3 is 2.83 bits per heavy atom. The van der Waals surface area contributed by atoms with Crippen LogP contribution in [0.4, 0.5) is 0 Å². The molecule has 2 atom stereocenters. The van der Waals surface area contributed by atoms with Gasteiger partial charge in [0.1, 0.15) is 12.7 Å². The average molecular weight is 168 g/mol. The molecule has 0 spiro atoms. The summed E-state index contributed by atoms with van der Waals surface area (Å²) in [7, 11) is 1.73. The number of ether oxygens (including phenoxy) is 1. The van der Waals surface area contributed by atoms with Gasteiger partial charge in [-0.3, -0.25) is 0 Å². The number of methoxy groups -OCH3 is 1. The van der Waals surface area contributed by atoms with E-state index in [0.29, 0.717) is 6.04 Å². The van der Waals surface area contributed by atoms with Crippen LogP contribution >= 0.6 is 0 Å². The van der Waals surface area contributed by atoms with E-state index in [1.54, 1.807) is 19.8 Å². The SMILES string of the molecule is CO[C@H]1CNCC1n1cnnc1. The number of hydrogen-bond donors (Lipinski definition) is 1. The predicted octanol–water partition coefficient (Wildman–Crippen LogP) is -0.563. The van der Waals surface area contributed by atoms with E-state index in [1.807, 2.05) is 4.57 Å². The van der Waals surface area contributed by atoms with Gasteiger partial charge in [-0.15, -0.1) is 10.2 Å². The molecule has 1 fully saturated rings. The van der Waals surface area contributed by atoms with Crippen LogP contribution in [-0.2, 0) is 4.74 Å². The van der Waals surface area contributed by atoms with Crippen LogP contribution in [0, 0.1) is 0 Å². The molecule has 1 saturated heterocycles. The standard InChI is InChI=1S/C7H12N4O/c1-12-7-3-8-2-6(7)11-4-9-10-5-11/h4-8H,2-3H2,1H3/t6?,7-/m0/s1. The monoisotopic (exact) mass is 168 g/mol. The minimum Gasteiger partial charge on any atom is -0.378 e. The summed E-state index contributed by atoms with van der Waals surface area (Å²) in [6.45, 7) is 1.83. The Labute approximate surface area is 70.7 Å². The van der Waals surface area contributed by atoms with Crippen molar-refractivity contribution < 1.29 is 4.74 Å². The fourth-order valence-electron chi connectivity index (χ4n) is 1.56. The summed E-state index contributed by atoms with van der Waals surface area (Å²) in [5, 5.41) is 10.8. The van der Waals surface area contributed by atoms with E-state index in [0.717, 1.165) is 13.1 Å². The third-order valence-electron chi connectivity index (χ3n) is 2.25. The van der Waals surface area contributed by atoms with Gasteiger partial charge in [-0.25, -0.2) is 0 Å². The minimum atomic E-state index is 0.237. The highest BCUT2D eigenvalue weighted by molar-refractivity contribution is 4.88. The minimum absolute atomic E-state index is 0.237. The van der Waals surface area contributed by atoms with Crippen LogP contribution in [0.2, 0.25) is 0 Å². The molecule has 66 valence electrons. The molecule has 1 aromatic heterocycles. The molecule has 5 nitrogen and oxygen atoms in total. The lowest BCUT2D eigenvalue weighted by Crippen LogP contribution is -2.23. The predicted molar refractivity (Wildman–Crippen MR) is 42.7 cm³/mol. The molecular weight excluding hydrogens is 156 g/mol. The van der Waals surface area contributed by atoms with Gasteiger partial charge in [-0.05, 0) is 0 Å². The summed E-state index contributed by atoms with van der Waals surface area (Å²) < 4.78 is 7.29. The zero-order valence-electron chi connectivity index (χ0n) is 6.97. The Morgan fingerprint density at radius 2 is 2.17 bits per heavy atom. The Kier molecular flexibility index (Phi) is 2.05. The first kappa shape index (κ1) is 7.70. The second kappa shape index (κ2) is 3.20. The maximum atomic E-state index is 5.31. The van der Waals surface area contributed by atoms with E-state index < -0.39 is 0 Å². The van der Waals surface area contributed by atoms with Gasteiger partial charge in [0, 0.05) is 20.2 Å². The zero-order valence-corrected chi connectivity index (χ0v) is 6.97. The molecule has 1 unspecified atom stereocenters. The largest absolute Gasteiger partial charge is 0.378 e. The van der Waals surface area contributed by atoms with Crippen LogP contribution in [0.15, 0.2) is 12.7 Å². The molecule has 2 rings (SSSR count). The van der Waals surface area contributed by atoms with Crippen LogP contribution < -0.4 is 5.32 Å². The van der Waals surface area contributed by atoms with Crippen molar-refractivity contribution in [3.8, 4) is 0 Å². The fraction of sp³-hybridized carbons (Fsp3) is 0.714. The summed E-state index contributed by atoms with van der Waals surface area (Å²) in [5.74, 6) is 0. The molecule has 2 heterocycles. The first-order valence-corrected chi connectivity index (χ1v) is 3.99. The quantitative estimate of drug-likeness (QED) is 0.643. The molecule has 5 heteroatoms. The van der Waals surface area contributed by atoms with Crippen molar-refractivity contribution in [2.24, 2.45) is 0 Å². The van der Waals surface area contributed by atoms with Crippen molar-refractivity contribution in [1.29, 1.82) is 0 Å². The summed E-state index contributed by atoms with van der Waals surface area (Å²) in [5.41, 5.74) is 0. The van der Waals surface area contributed by atoms with Gasteiger partial charge in [0.05, 0.1) is 12.1 Å². The highest BCUT2D eigenvalue weighted by Crippen LogP contribution is 2.16. The van der Waals surface area contributed by atoms with Gasteiger partial charge < -0.3 is 14.6 Å². The Bertz CT molecular complexity index is 236. The molecule has 1 aromatic rings. The van der Waals surface area contributed by atoms with Gasteiger partial charge in [-0.1, -0.05) is 0 Å². The van der Waals surface area contributed by atoms with Gasteiger partial charge in [0.25, 0.3) is 0 Å². The topological polar surface area (TPSA) is 52.0 Å². The molecule has 0 bridgehead atoms. The molecule has 12 heavy (non-hydrogen) atoms. The first-order valence-electron chi connectivity index (χ1n) is 3.99. The van der Waals surface area contributed by atoms with Gasteiger partial charge >= 0.3 is 0 Å². The number of hydrogen-bond acceptors (Lipinski definition) is 4. The van der Waals surface area contributed by atoms with Crippen molar-refractivity contribution in [3.63, 3.8) is 0 Å². The van der Waals surface area contributed by atoms with E-state index in [-0.39, 0.29) is 6.10 Å². The lowest BCUT2D eigenvalue weighted by Gasteiger charge is -2.16. The summed E-state index contributed by atoms with van der Waals surface area (Å²) in [6.07, 6.45) is 3.69. The molecule has 1 aliphatic rings. The molecule has 0 amide bonds. The smallest absolute Gasteiger partial charge is 0.119 e.